The molecule has 0 fully saturated rings. The fraction of sp³-hybridized carbons (Fsp3) is 0.440. The van der Waals surface area contributed by atoms with Gasteiger partial charge in [0.2, 0.25) is 12.3 Å². The molecular weight excluding hydrogens is 404 g/mol. The Morgan fingerprint density at radius 3 is 2.48 bits per heavy atom. The molecule has 0 amide bonds. The highest BCUT2D eigenvalue weighted by Gasteiger charge is 2.43. The first-order chi connectivity index (χ1) is 14.7. The number of hydrogen-bond acceptors (Lipinski definition) is 5. The third-order valence-corrected chi connectivity index (χ3v) is 11.2. The SMILES string of the molecule is CC(C)(C)[Si](C)(C)OC(c1nnco1)C1CCc2cc(Oc3ccccc3)ccc2C1. The van der Waals surface area contributed by atoms with E-state index in [1.165, 1.54) is 17.5 Å². The summed E-state index contributed by atoms with van der Waals surface area (Å²) in [6.45, 7) is 11.3. The van der Waals surface area contributed by atoms with Gasteiger partial charge in [0.05, 0.1) is 0 Å². The topological polar surface area (TPSA) is 57.4 Å². The Labute approximate surface area is 185 Å². The van der Waals surface area contributed by atoms with Gasteiger partial charge in [0.1, 0.15) is 17.6 Å². The van der Waals surface area contributed by atoms with Crippen molar-refractivity contribution in [1.29, 1.82) is 0 Å². The van der Waals surface area contributed by atoms with Crippen LogP contribution in [0.15, 0.2) is 59.3 Å². The number of rotatable bonds is 6. The van der Waals surface area contributed by atoms with E-state index >= 15 is 0 Å². The van der Waals surface area contributed by atoms with Gasteiger partial charge < -0.3 is 13.6 Å². The summed E-state index contributed by atoms with van der Waals surface area (Å²) in [5.41, 5.74) is 2.70. The quantitative estimate of drug-likeness (QED) is 0.401. The highest BCUT2D eigenvalue weighted by atomic mass is 28.4. The molecule has 1 aliphatic rings. The van der Waals surface area contributed by atoms with E-state index in [2.05, 4.69) is 62.3 Å². The standard InChI is InChI=1S/C25H32N2O3Si/c1-25(2,3)31(4,5)30-23(24-27-26-17-28-24)20-12-11-19-16-22(14-13-18(19)15-20)29-21-9-7-6-8-10-21/h6-10,13-14,16-17,20,23H,11-12,15H2,1-5H3. The Kier molecular flexibility index (Phi) is 6.04. The number of nitrogens with zero attached hydrogens (tertiary/aromatic N) is 2. The molecule has 1 heterocycles. The van der Waals surface area contributed by atoms with Crippen molar-refractivity contribution >= 4 is 8.32 Å². The third-order valence-electron chi connectivity index (χ3n) is 6.70. The van der Waals surface area contributed by atoms with Crippen molar-refractivity contribution in [2.24, 2.45) is 5.92 Å². The average molecular weight is 437 g/mol. The molecule has 6 heteroatoms. The van der Waals surface area contributed by atoms with E-state index in [0.29, 0.717) is 11.8 Å². The minimum Gasteiger partial charge on any atom is -0.457 e. The Morgan fingerprint density at radius 1 is 1.03 bits per heavy atom. The van der Waals surface area contributed by atoms with Gasteiger partial charge in [0.25, 0.3) is 0 Å². The van der Waals surface area contributed by atoms with Gasteiger partial charge in [-0.1, -0.05) is 45.0 Å². The van der Waals surface area contributed by atoms with Gasteiger partial charge in [-0.25, -0.2) is 0 Å². The summed E-state index contributed by atoms with van der Waals surface area (Å²) < 4.78 is 18.5. The Bertz CT molecular complexity index is 997. The molecule has 5 nitrogen and oxygen atoms in total. The zero-order chi connectivity index (χ0) is 22.1. The first-order valence-corrected chi connectivity index (χ1v) is 13.9. The molecule has 31 heavy (non-hydrogen) atoms. The maximum Gasteiger partial charge on any atom is 0.243 e. The first-order valence-electron chi connectivity index (χ1n) is 11.0. The fourth-order valence-corrected chi connectivity index (χ4v) is 5.14. The minimum atomic E-state index is -2.00. The zero-order valence-electron chi connectivity index (χ0n) is 19.1. The highest BCUT2D eigenvalue weighted by Crippen LogP contribution is 2.44. The summed E-state index contributed by atoms with van der Waals surface area (Å²) in [6.07, 6.45) is 4.17. The van der Waals surface area contributed by atoms with Crippen LogP contribution in [0.4, 0.5) is 0 Å². The second-order valence-electron chi connectivity index (χ2n) is 9.92. The lowest BCUT2D eigenvalue weighted by Crippen LogP contribution is -2.43. The van der Waals surface area contributed by atoms with E-state index in [1.54, 1.807) is 0 Å². The van der Waals surface area contributed by atoms with Gasteiger partial charge in [-0.05, 0) is 78.7 Å². The molecule has 0 saturated carbocycles. The highest BCUT2D eigenvalue weighted by molar-refractivity contribution is 6.74. The van der Waals surface area contributed by atoms with Crippen LogP contribution in [0.3, 0.4) is 0 Å². The van der Waals surface area contributed by atoms with Crippen molar-refractivity contribution in [2.75, 3.05) is 0 Å². The van der Waals surface area contributed by atoms with E-state index in [0.717, 1.165) is 30.8 Å². The normalized spacial score (nSPS) is 17.8. The van der Waals surface area contributed by atoms with Crippen molar-refractivity contribution in [3.63, 3.8) is 0 Å². The predicted octanol–water partition coefficient (Wildman–Crippen LogP) is 6.73. The van der Waals surface area contributed by atoms with Crippen LogP contribution in [0.1, 0.15) is 50.3 Å². The molecular formula is C25H32N2O3Si. The second-order valence-corrected chi connectivity index (χ2v) is 14.7. The number of para-hydroxylation sites is 1. The van der Waals surface area contributed by atoms with Crippen LogP contribution in [0.2, 0.25) is 18.1 Å². The van der Waals surface area contributed by atoms with E-state index < -0.39 is 8.32 Å². The number of benzene rings is 2. The second kappa shape index (κ2) is 8.59. The molecule has 2 aromatic carbocycles. The van der Waals surface area contributed by atoms with Crippen LogP contribution in [0.5, 0.6) is 11.5 Å². The predicted molar refractivity (Wildman–Crippen MR) is 124 cm³/mol. The molecule has 1 aliphatic carbocycles. The van der Waals surface area contributed by atoms with Crippen molar-refractivity contribution in [2.45, 2.75) is 64.3 Å². The summed E-state index contributed by atoms with van der Waals surface area (Å²) >= 11 is 0. The molecule has 164 valence electrons. The van der Waals surface area contributed by atoms with E-state index in [1.807, 2.05) is 30.3 Å². The minimum absolute atomic E-state index is 0.113. The zero-order valence-corrected chi connectivity index (χ0v) is 20.1. The van der Waals surface area contributed by atoms with Crippen LogP contribution in [0.25, 0.3) is 0 Å². The smallest absolute Gasteiger partial charge is 0.243 e. The van der Waals surface area contributed by atoms with Crippen LogP contribution in [0, 0.1) is 5.92 Å². The Balaban J connectivity index is 1.54. The molecule has 2 unspecified atom stereocenters. The molecule has 1 aromatic heterocycles. The fourth-order valence-electron chi connectivity index (χ4n) is 3.85. The molecule has 0 saturated heterocycles. The van der Waals surface area contributed by atoms with Gasteiger partial charge in [0.15, 0.2) is 8.32 Å². The summed E-state index contributed by atoms with van der Waals surface area (Å²) in [6, 6.07) is 16.3. The van der Waals surface area contributed by atoms with Crippen molar-refractivity contribution in [3.8, 4) is 11.5 Å². The summed E-state index contributed by atoms with van der Waals surface area (Å²) in [5.74, 6) is 2.65. The Hall–Kier alpha value is -2.44. The molecule has 4 rings (SSSR count). The number of hydrogen-bond donors (Lipinski definition) is 0. The lowest BCUT2D eigenvalue weighted by Gasteiger charge is -2.41. The molecule has 0 aliphatic heterocycles. The molecule has 0 spiro atoms. The molecule has 3 aromatic rings. The third kappa shape index (κ3) is 4.91. The number of aryl methyl sites for hydroxylation is 1. The molecule has 0 N–H and O–H groups in total. The van der Waals surface area contributed by atoms with Crippen molar-refractivity contribution in [3.05, 3.63) is 71.9 Å². The lowest BCUT2D eigenvalue weighted by atomic mass is 9.81. The Morgan fingerprint density at radius 2 is 1.81 bits per heavy atom. The summed E-state index contributed by atoms with van der Waals surface area (Å²) in [4.78, 5) is 0. The van der Waals surface area contributed by atoms with Gasteiger partial charge in [-0.3, -0.25) is 0 Å². The summed E-state index contributed by atoms with van der Waals surface area (Å²) in [5, 5.41) is 8.28. The van der Waals surface area contributed by atoms with E-state index in [4.69, 9.17) is 13.6 Å². The van der Waals surface area contributed by atoms with E-state index in [9.17, 15) is 0 Å². The van der Waals surface area contributed by atoms with Crippen molar-refractivity contribution < 1.29 is 13.6 Å². The van der Waals surface area contributed by atoms with Gasteiger partial charge >= 0.3 is 0 Å². The monoisotopic (exact) mass is 436 g/mol. The maximum atomic E-state index is 6.82. The van der Waals surface area contributed by atoms with Gasteiger partial charge in [0, 0.05) is 0 Å². The lowest BCUT2D eigenvalue weighted by molar-refractivity contribution is 0.0824. The van der Waals surface area contributed by atoms with Crippen LogP contribution >= 0.6 is 0 Å². The maximum absolute atomic E-state index is 6.82. The number of aromatic nitrogens is 2. The molecule has 2 atom stereocenters. The van der Waals surface area contributed by atoms with Gasteiger partial charge in [-0.15, -0.1) is 10.2 Å². The van der Waals surface area contributed by atoms with E-state index in [-0.39, 0.29) is 11.1 Å². The summed E-state index contributed by atoms with van der Waals surface area (Å²) in [7, 11) is -2.00. The van der Waals surface area contributed by atoms with Crippen LogP contribution < -0.4 is 4.74 Å². The molecule has 0 radical (unpaired) electrons. The average Bonchev–Trinajstić information content (AvgIpc) is 3.26. The largest absolute Gasteiger partial charge is 0.457 e. The number of ether oxygens (including phenoxy) is 1. The van der Waals surface area contributed by atoms with Crippen LogP contribution in [-0.4, -0.2) is 18.5 Å². The van der Waals surface area contributed by atoms with Crippen molar-refractivity contribution in [1.82, 2.24) is 10.2 Å². The number of fused-ring (bicyclic) bond motifs is 1. The molecule has 0 bridgehead atoms. The van der Waals surface area contributed by atoms with Gasteiger partial charge in [-0.2, -0.15) is 0 Å². The first kappa shape index (κ1) is 21.8. The van der Waals surface area contributed by atoms with Crippen LogP contribution in [-0.2, 0) is 17.3 Å².